The summed E-state index contributed by atoms with van der Waals surface area (Å²) in [4.78, 5) is 0. The van der Waals surface area contributed by atoms with Gasteiger partial charge >= 0.3 is 0 Å². The monoisotopic (exact) mass is 123 g/mol. The highest BCUT2D eigenvalue weighted by atomic mass is 16.7. The highest BCUT2D eigenvalue weighted by Gasteiger charge is 1.92. The van der Waals surface area contributed by atoms with Gasteiger partial charge in [0.2, 0.25) is 0 Å². The number of nitrogens with two attached hydrogens (primary N) is 1. The van der Waals surface area contributed by atoms with Gasteiger partial charge < -0.3 is 10.4 Å². The van der Waals surface area contributed by atoms with Crippen molar-refractivity contribution in [2.75, 3.05) is 7.05 Å². The van der Waals surface area contributed by atoms with Crippen LogP contribution in [-0.4, -0.2) is 7.05 Å². The molecule has 0 saturated heterocycles. The van der Waals surface area contributed by atoms with E-state index in [0.717, 1.165) is 0 Å². The quantitative estimate of drug-likeness (QED) is 0.191. The van der Waals surface area contributed by atoms with Crippen LogP contribution in [0.25, 0.3) is 0 Å². The third kappa shape index (κ3) is 2.82. The van der Waals surface area contributed by atoms with E-state index in [0.29, 0.717) is 0 Å². The van der Waals surface area contributed by atoms with Crippen LogP contribution in [-0.2, 0) is 0 Å². The number of rotatable bonds is 3. The van der Waals surface area contributed by atoms with Gasteiger partial charge in [-0.2, -0.15) is 0 Å². The predicted molar refractivity (Wildman–Crippen MR) is 25.0 cm³/mol. The molecule has 0 aromatic carbocycles. The Bertz CT molecular complexity index is 56.4. The van der Waals surface area contributed by atoms with Gasteiger partial charge in [-0.25, -0.2) is 5.43 Å². The van der Waals surface area contributed by atoms with E-state index in [2.05, 4.69) is 11.3 Å². The van der Waals surface area contributed by atoms with Gasteiger partial charge in [-0.15, -0.1) is 16.4 Å². The summed E-state index contributed by atoms with van der Waals surface area (Å²) >= 11 is 0. The van der Waals surface area contributed by atoms with E-state index in [9.17, 15) is 10.4 Å². The first-order valence-corrected chi connectivity index (χ1v) is 1.95. The number of nitrogens with one attached hydrogen (secondary N) is 4. The molecule has 0 fully saturated rings. The second-order valence-electron chi connectivity index (χ2n) is 1.07. The van der Waals surface area contributed by atoms with Gasteiger partial charge in [0.05, 0.1) is 0 Å². The summed E-state index contributed by atoms with van der Waals surface area (Å²) in [5.41, 5.74) is 4.23. The average Bonchev–Trinajstić information content (AvgIpc) is 1.67. The highest BCUT2D eigenvalue weighted by molar-refractivity contribution is 3.94. The molecule has 7 nitrogen and oxygen atoms in total. The molecular weight excluding hydrogens is 114 g/mol. The molecular formula is CH9N5O2. The summed E-state index contributed by atoms with van der Waals surface area (Å²) in [7, 11) is 1.46. The summed E-state index contributed by atoms with van der Waals surface area (Å²) < 4.78 is 0. The maximum atomic E-state index is 10.1. The minimum absolute atomic E-state index is 0.840. The van der Waals surface area contributed by atoms with E-state index < -0.39 is 10.6 Å². The van der Waals surface area contributed by atoms with E-state index >= 15 is 0 Å². The Labute approximate surface area is 46.1 Å². The Kier molecular flexibility index (Phi) is 3.56. The molecule has 50 valence electrons. The minimum atomic E-state index is -1.00. The second-order valence-corrected chi connectivity index (χ2v) is 1.07. The fourth-order valence-corrected chi connectivity index (χ4v) is 0.175. The Morgan fingerprint density at radius 1 is 1.50 bits per heavy atom. The summed E-state index contributed by atoms with van der Waals surface area (Å²) in [6.07, 6.45) is 0. The van der Waals surface area contributed by atoms with Gasteiger partial charge in [-0.3, -0.25) is 0 Å². The highest BCUT2D eigenvalue weighted by Crippen LogP contribution is 1.06. The fourth-order valence-electron chi connectivity index (χ4n) is 0.175. The third-order valence-electron chi connectivity index (χ3n) is 0.462. The lowest BCUT2D eigenvalue weighted by Gasteiger charge is -2.26. The maximum absolute atomic E-state index is 10.1. The van der Waals surface area contributed by atoms with E-state index in [4.69, 9.17) is 0 Å². The molecule has 7 heteroatoms. The largest absolute Gasteiger partial charge is 0.562 e. The van der Waals surface area contributed by atoms with Crippen LogP contribution >= 0.6 is 0 Å². The topological polar surface area (TPSA) is 105 Å². The Hall–Kier alpha value is -0.280. The third-order valence-corrected chi connectivity index (χ3v) is 0.462. The van der Waals surface area contributed by atoms with Crippen molar-refractivity contribution >= 4 is 0 Å². The van der Waals surface area contributed by atoms with E-state index in [1.807, 2.05) is 5.53 Å². The Morgan fingerprint density at radius 2 is 2.00 bits per heavy atom. The molecule has 8 heavy (non-hydrogen) atoms. The molecule has 0 amide bonds. The van der Waals surface area contributed by atoms with Crippen molar-refractivity contribution in [2.45, 2.75) is 0 Å². The van der Waals surface area contributed by atoms with Crippen LogP contribution in [0.3, 0.4) is 0 Å². The zero-order chi connectivity index (χ0) is 6.57. The maximum Gasteiger partial charge on any atom is 0.00357 e. The van der Waals surface area contributed by atoms with Crippen molar-refractivity contribution in [3.8, 4) is 0 Å². The van der Waals surface area contributed by atoms with Gasteiger partial charge in [0.15, 0.2) is 0 Å². The van der Waals surface area contributed by atoms with Gasteiger partial charge in [-0.1, -0.05) is 5.53 Å². The van der Waals surface area contributed by atoms with Crippen LogP contribution in [0, 0.1) is 10.4 Å². The van der Waals surface area contributed by atoms with Crippen molar-refractivity contribution in [1.29, 1.82) is 0 Å². The molecule has 0 saturated carbocycles. The standard InChI is InChI=1S/CH9N5O2/c1-3-4-6(8)5(2)7/h3-6H,2H2,1H3. The number of quaternary nitrogens is 2. The van der Waals surface area contributed by atoms with Crippen LogP contribution in [0.1, 0.15) is 0 Å². The van der Waals surface area contributed by atoms with Crippen molar-refractivity contribution in [3.63, 3.8) is 0 Å². The van der Waals surface area contributed by atoms with E-state index in [1.165, 1.54) is 7.05 Å². The lowest BCUT2D eigenvalue weighted by atomic mass is 11.5. The SMILES string of the molecule is CNN[NH+]([O-])[NH+](N)[O-]. The van der Waals surface area contributed by atoms with Crippen LogP contribution in [0.4, 0.5) is 0 Å². The van der Waals surface area contributed by atoms with Crippen LogP contribution < -0.4 is 27.4 Å². The molecule has 0 aliphatic rings. The minimum Gasteiger partial charge on any atom is -0.562 e. The van der Waals surface area contributed by atoms with Crippen molar-refractivity contribution in [2.24, 2.45) is 5.84 Å². The molecule has 0 aliphatic carbocycles. The van der Waals surface area contributed by atoms with Crippen LogP contribution in [0.15, 0.2) is 0 Å². The summed E-state index contributed by atoms with van der Waals surface area (Å²) in [5, 5.41) is 18.1. The molecule has 0 aromatic rings. The first kappa shape index (κ1) is 7.72. The lowest BCUT2D eigenvalue weighted by molar-refractivity contribution is -1.49. The first-order chi connectivity index (χ1) is 3.68. The van der Waals surface area contributed by atoms with Gasteiger partial charge in [0.1, 0.15) is 0 Å². The first-order valence-electron chi connectivity index (χ1n) is 1.95. The normalized spacial score (nSPS) is 18.0. The lowest BCUT2D eigenvalue weighted by Crippen LogP contribution is -3.61. The number of hydrogen-bond acceptors (Lipinski definition) is 5. The van der Waals surface area contributed by atoms with Gasteiger partial charge in [0, 0.05) is 7.05 Å². The van der Waals surface area contributed by atoms with Gasteiger partial charge in [-0.05, 0) is 0 Å². The molecule has 0 aliphatic heterocycles. The smallest absolute Gasteiger partial charge is 0.00357 e. The van der Waals surface area contributed by atoms with E-state index in [1.54, 1.807) is 0 Å². The molecule has 0 bridgehead atoms. The molecule has 2 unspecified atom stereocenters. The number of hydrogen-bond donors (Lipinski definition) is 5. The van der Waals surface area contributed by atoms with E-state index in [-0.39, 0.29) is 0 Å². The van der Waals surface area contributed by atoms with Crippen LogP contribution in [0.5, 0.6) is 0 Å². The fraction of sp³-hybridized carbons (Fsp3) is 1.00. The molecule has 0 spiro atoms. The van der Waals surface area contributed by atoms with Gasteiger partial charge in [0.25, 0.3) is 0 Å². The number of hydrazine groups is 1. The van der Waals surface area contributed by atoms with Crippen molar-refractivity contribution < 1.29 is 10.6 Å². The molecule has 6 N–H and O–H groups in total. The molecule has 2 atom stereocenters. The predicted octanol–water partition coefficient (Wildman–Crippen LogP) is -4.82. The Morgan fingerprint density at radius 3 is 2.12 bits per heavy atom. The van der Waals surface area contributed by atoms with Crippen molar-refractivity contribution in [3.05, 3.63) is 10.4 Å². The van der Waals surface area contributed by atoms with Crippen LogP contribution in [0.2, 0.25) is 0 Å². The molecule has 0 rings (SSSR count). The average molecular weight is 123 g/mol. The summed E-state index contributed by atoms with van der Waals surface area (Å²) in [6, 6.07) is 0. The Balaban J connectivity index is 3.17. The zero-order valence-electron chi connectivity index (χ0n) is 4.39. The van der Waals surface area contributed by atoms with Crippen molar-refractivity contribution in [1.82, 2.24) is 11.0 Å². The molecule has 0 aromatic heterocycles. The summed E-state index contributed by atoms with van der Waals surface area (Å²) in [6.45, 7) is 0. The molecule has 0 heterocycles. The summed E-state index contributed by atoms with van der Waals surface area (Å²) in [5.74, 6) is 4.53. The second kappa shape index (κ2) is 3.69. The zero-order valence-corrected chi connectivity index (χ0v) is 4.39. The molecule has 0 radical (unpaired) electrons.